The minimum atomic E-state index is -0.834. The third-order valence-corrected chi connectivity index (χ3v) is 3.11. The van der Waals surface area contributed by atoms with Crippen LogP contribution in [0.3, 0.4) is 0 Å². The molecule has 0 atom stereocenters. The van der Waals surface area contributed by atoms with Gasteiger partial charge in [0.15, 0.2) is 0 Å². The van der Waals surface area contributed by atoms with E-state index in [4.69, 9.17) is 5.11 Å². The lowest BCUT2D eigenvalue weighted by atomic mass is 10.1. The first-order valence-corrected chi connectivity index (χ1v) is 6.04. The summed E-state index contributed by atoms with van der Waals surface area (Å²) in [5, 5.41) is 8.69. The summed E-state index contributed by atoms with van der Waals surface area (Å²) in [6.07, 6.45) is 4.41. The smallest absolute Gasteiger partial charge is 0.305 e. The van der Waals surface area contributed by atoms with Crippen molar-refractivity contribution in [1.82, 2.24) is 4.90 Å². The maximum absolute atomic E-state index is 12.0. The fraction of sp³-hybridized carbons (Fsp3) is 0.833. The number of carbonyl (C=O) groups excluding carboxylic acids is 1. The van der Waals surface area contributed by atoms with E-state index in [1.807, 2.05) is 13.8 Å². The number of hydrogen-bond donors (Lipinski definition) is 1. The molecule has 1 rings (SSSR count). The van der Waals surface area contributed by atoms with Crippen LogP contribution < -0.4 is 0 Å². The summed E-state index contributed by atoms with van der Waals surface area (Å²) >= 11 is 0. The van der Waals surface area contributed by atoms with Crippen LogP contribution in [0, 0.1) is 5.92 Å². The first-order valence-electron chi connectivity index (χ1n) is 6.04. The summed E-state index contributed by atoms with van der Waals surface area (Å²) in [6.45, 7) is 4.09. The SMILES string of the molecule is CC(C)C(=O)N(CCC(=O)O)C1CCCC1. The molecule has 16 heavy (non-hydrogen) atoms. The Kier molecular flexibility index (Phi) is 4.77. The molecule has 1 N–H and O–H groups in total. The minimum absolute atomic E-state index is 0.0469. The van der Waals surface area contributed by atoms with E-state index in [2.05, 4.69) is 0 Å². The molecule has 0 saturated heterocycles. The van der Waals surface area contributed by atoms with Crippen LogP contribution >= 0.6 is 0 Å². The zero-order valence-corrected chi connectivity index (χ0v) is 10.1. The number of amides is 1. The zero-order valence-electron chi connectivity index (χ0n) is 10.1. The van der Waals surface area contributed by atoms with Gasteiger partial charge in [0.1, 0.15) is 0 Å². The molecular formula is C12H21NO3. The Morgan fingerprint density at radius 3 is 2.31 bits per heavy atom. The van der Waals surface area contributed by atoms with Gasteiger partial charge in [-0.25, -0.2) is 0 Å². The molecule has 1 aliphatic carbocycles. The standard InChI is InChI=1S/C12H21NO3/c1-9(2)12(16)13(8-7-11(14)15)10-5-3-4-6-10/h9-10H,3-8H2,1-2H3,(H,14,15). The summed E-state index contributed by atoms with van der Waals surface area (Å²) in [7, 11) is 0. The van der Waals surface area contributed by atoms with Crippen molar-refractivity contribution in [3.63, 3.8) is 0 Å². The Morgan fingerprint density at radius 2 is 1.88 bits per heavy atom. The highest BCUT2D eigenvalue weighted by Gasteiger charge is 2.28. The molecule has 0 bridgehead atoms. The molecule has 0 radical (unpaired) electrons. The van der Waals surface area contributed by atoms with Crippen LogP contribution in [0.25, 0.3) is 0 Å². The summed E-state index contributed by atoms with van der Waals surface area (Å²) in [4.78, 5) is 24.3. The van der Waals surface area contributed by atoms with Crippen LogP contribution in [-0.2, 0) is 9.59 Å². The molecule has 92 valence electrons. The predicted octanol–water partition coefficient (Wildman–Crippen LogP) is 1.89. The summed E-state index contributed by atoms with van der Waals surface area (Å²) in [5.74, 6) is -0.790. The molecule has 1 aliphatic rings. The fourth-order valence-corrected chi connectivity index (χ4v) is 2.24. The van der Waals surface area contributed by atoms with Crippen molar-refractivity contribution in [3.8, 4) is 0 Å². The van der Waals surface area contributed by atoms with Gasteiger partial charge in [0.2, 0.25) is 5.91 Å². The monoisotopic (exact) mass is 227 g/mol. The number of nitrogens with zero attached hydrogens (tertiary/aromatic N) is 1. The second-order valence-corrected chi connectivity index (χ2v) is 4.77. The van der Waals surface area contributed by atoms with E-state index in [1.165, 1.54) is 0 Å². The van der Waals surface area contributed by atoms with E-state index in [9.17, 15) is 9.59 Å². The van der Waals surface area contributed by atoms with Crippen LogP contribution in [-0.4, -0.2) is 34.5 Å². The van der Waals surface area contributed by atoms with Gasteiger partial charge in [0, 0.05) is 18.5 Å². The molecule has 0 aromatic carbocycles. The third-order valence-electron chi connectivity index (χ3n) is 3.11. The molecule has 0 spiro atoms. The van der Waals surface area contributed by atoms with Crippen molar-refractivity contribution in [2.45, 2.75) is 52.0 Å². The third kappa shape index (κ3) is 3.51. The lowest BCUT2D eigenvalue weighted by Gasteiger charge is -2.30. The Bertz CT molecular complexity index is 257. The van der Waals surface area contributed by atoms with Gasteiger partial charge in [-0.05, 0) is 12.8 Å². The molecule has 1 fully saturated rings. The fourth-order valence-electron chi connectivity index (χ4n) is 2.24. The summed E-state index contributed by atoms with van der Waals surface area (Å²) in [5.41, 5.74) is 0. The maximum atomic E-state index is 12.0. The Hall–Kier alpha value is -1.06. The number of carboxylic acid groups (broad SMARTS) is 1. The number of carbonyl (C=O) groups is 2. The van der Waals surface area contributed by atoms with Crippen LogP contribution in [0.4, 0.5) is 0 Å². The van der Waals surface area contributed by atoms with Gasteiger partial charge in [-0.15, -0.1) is 0 Å². The lowest BCUT2D eigenvalue weighted by molar-refractivity contribution is -0.140. The van der Waals surface area contributed by atoms with E-state index in [0.717, 1.165) is 25.7 Å². The van der Waals surface area contributed by atoms with Gasteiger partial charge in [-0.1, -0.05) is 26.7 Å². The first kappa shape index (κ1) is 13.0. The van der Waals surface area contributed by atoms with Crippen LogP contribution in [0.2, 0.25) is 0 Å². The van der Waals surface area contributed by atoms with Crippen molar-refractivity contribution >= 4 is 11.9 Å². The van der Waals surface area contributed by atoms with E-state index < -0.39 is 5.97 Å². The number of carboxylic acids is 1. The molecule has 0 aromatic heterocycles. The largest absolute Gasteiger partial charge is 0.481 e. The summed E-state index contributed by atoms with van der Waals surface area (Å²) < 4.78 is 0. The average Bonchev–Trinajstić information content (AvgIpc) is 2.70. The Labute approximate surface area is 96.6 Å². The number of hydrogen-bond acceptors (Lipinski definition) is 2. The Morgan fingerprint density at radius 1 is 1.31 bits per heavy atom. The molecule has 1 amide bonds. The van der Waals surface area contributed by atoms with Gasteiger partial charge >= 0.3 is 5.97 Å². The molecule has 0 aliphatic heterocycles. The van der Waals surface area contributed by atoms with Crippen molar-refractivity contribution < 1.29 is 14.7 Å². The molecule has 0 aromatic rings. The first-order chi connectivity index (χ1) is 7.52. The van der Waals surface area contributed by atoms with Crippen LogP contribution in [0.15, 0.2) is 0 Å². The van der Waals surface area contributed by atoms with E-state index in [-0.39, 0.29) is 24.3 Å². The van der Waals surface area contributed by atoms with Crippen molar-refractivity contribution in [2.75, 3.05) is 6.54 Å². The van der Waals surface area contributed by atoms with Gasteiger partial charge in [0.25, 0.3) is 0 Å². The maximum Gasteiger partial charge on any atom is 0.305 e. The average molecular weight is 227 g/mol. The molecule has 4 heteroatoms. The van der Waals surface area contributed by atoms with Crippen molar-refractivity contribution in [1.29, 1.82) is 0 Å². The van der Waals surface area contributed by atoms with E-state index >= 15 is 0 Å². The second kappa shape index (κ2) is 5.87. The molecule has 0 unspecified atom stereocenters. The van der Waals surface area contributed by atoms with Gasteiger partial charge in [0.05, 0.1) is 6.42 Å². The minimum Gasteiger partial charge on any atom is -0.481 e. The van der Waals surface area contributed by atoms with Crippen molar-refractivity contribution in [2.24, 2.45) is 5.92 Å². The second-order valence-electron chi connectivity index (χ2n) is 4.77. The zero-order chi connectivity index (χ0) is 12.1. The highest BCUT2D eigenvalue weighted by Crippen LogP contribution is 2.24. The Balaban J connectivity index is 2.60. The van der Waals surface area contributed by atoms with Gasteiger partial charge in [-0.3, -0.25) is 9.59 Å². The number of rotatable bonds is 5. The van der Waals surface area contributed by atoms with Crippen LogP contribution in [0.5, 0.6) is 0 Å². The lowest BCUT2D eigenvalue weighted by Crippen LogP contribution is -2.42. The van der Waals surface area contributed by atoms with Gasteiger partial charge < -0.3 is 10.0 Å². The number of aliphatic carboxylic acids is 1. The van der Waals surface area contributed by atoms with E-state index in [1.54, 1.807) is 4.90 Å². The quantitative estimate of drug-likeness (QED) is 0.780. The van der Waals surface area contributed by atoms with Gasteiger partial charge in [-0.2, -0.15) is 0 Å². The topological polar surface area (TPSA) is 57.6 Å². The molecule has 4 nitrogen and oxygen atoms in total. The highest BCUT2D eigenvalue weighted by molar-refractivity contribution is 5.79. The molecular weight excluding hydrogens is 206 g/mol. The summed E-state index contributed by atoms with van der Waals surface area (Å²) in [6, 6.07) is 0.272. The normalized spacial score (nSPS) is 16.7. The molecule has 1 saturated carbocycles. The van der Waals surface area contributed by atoms with E-state index in [0.29, 0.717) is 6.54 Å². The molecule has 0 heterocycles. The predicted molar refractivity (Wildman–Crippen MR) is 61.1 cm³/mol. The van der Waals surface area contributed by atoms with Crippen LogP contribution in [0.1, 0.15) is 46.0 Å². The van der Waals surface area contributed by atoms with Crippen molar-refractivity contribution in [3.05, 3.63) is 0 Å². The highest BCUT2D eigenvalue weighted by atomic mass is 16.4.